The molecule has 0 amide bonds. The number of rotatable bonds is 3. The number of aromatic carboxylic acids is 1. The highest BCUT2D eigenvalue weighted by molar-refractivity contribution is 5.87. The van der Waals surface area contributed by atoms with Crippen molar-refractivity contribution in [3.8, 4) is 0 Å². The number of benzene rings is 1. The third-order valence-corrected chi connectivity index (χ3v) is 2.94. The van der Waals surface area contributed by atoms with E-state index in [0.717, 1.165) is 0 Å². The summed E-state index contributed by atoms with van der Waals surface area (Å²) in [6, 6.07) is 5.87. The Morgan fingerprint density at radius 3 is 2.37 bits per heavy atom. The lowest BCUT2D eigenvalue weighted by molar-refractivity contribution is -0.178. The Hall–Kier alpha value is -1.67. The van der Waals surface area contributed by atoms with Gasteiger partial charge < -0.3 is 30.5 Å². The zero-order valence-electron chi connectivity index (χ0n) is 9.93. The molecule has 1 aliphatic rings. The van der Waals surface area contributed by atoms with Crippen LogP contribution in [0.1, 0.15) is 10.4 Å². The summed E-state index contributed by atoms with van der Waals surface area (Å²) in [5.41, 5.74) is 0.684. The van der Waals surface area contributed by atoms with Gasteiger partial charge in [0.2, 0.25) is 0 Å². The molecule has 0 bridgehead atoms. The van der Waals surface area contributed by atoms with Gasteiger partial charge >= 0.3 is 5.97 Å². The fourth-order valence-electron chi connectivity index (χ4n) is 1.81. The second kappa shape index (κ2) is 5.54. The lowest BCUT2D eigenvalue weighted by Gasteiger charge is -2.35. The summed E-state index contributed by atoms with van der Waals surface area (Å²) in [6.07, 6.45) is -4.55. The van der Waals surface area contributed by atoms with Crippen LogP contribution in [-0.2, 0) is 4.74 Å². The van der Waals surface area contributed by atoms with E-state index in [-0.39, 0.29) is 12.2 Å². The summed E-state index contributed by atoms with van der Waals surface area (Å²) in [7, 11) is 0. The molecule has 0 aromatic heterocycles. The Balaban J connectivity index is 2.03. The fourth-order valence-corrected chi connectivity index (χ4v) is 1.81. The molecule has 0 aliphatic carbocycles. The second-order valence-corrected chi connectivity index (χ2v) is 4.33. The molecule has 7 heteroatoms. The minimum absolute atomic E-state index is 0.0941. The van der Waals surface area contributed by atoms with Gasteiger partial charge in [-0.2, -0.15) is 0 Å². The minimum atomic E-state index is -1.29. The van der Waals surface area contributed by atoms with Crippen molar-refractivity contribution in [1.29, 1.82) is 0 Å². The smallest absolute Gasteiger partial charge is 0.335 e. The molecule has 1 saturated heterocycles. The molecular weight excluding hydrogens is 254 g/mol. The Morgan fingerprint density at radius 2 is 1.79 bits per heavy atom. The zero-order chi connectivity index (χ0) is 14.0. The molecule has 2 rings (SSSR count). The van der Waals surface area contributed by atoms with Gasteiger partial charge in [-0.05, 0) is 24.3 Å². The summed E-state index contributed by atoms with van der Waals surface area (Å²) >= 11 is 0. The van der Waals surface area contributed by atoms with Crippen molar-refractivity contribution in [2.75, 3.05) is 11.9 Å². The number of carboxylic acids is 1. The van der Waals surface area contributed by atoms with E-state index in [4.69, 9.17) is 9.84 Å². The highest BCUT2D eigenvalue weighted by Crippen LogP contribution is 2.19. The Bertz CT molecular complexity index is 448. The first kappa shape index (κ1) is 13.8. The number of hydrogen-bond donors (Lipinski definition) is 5. The van der Waals surface area contributed by atoms with Gasteiger partial charge in [0.1, 0.15) is 18.3 Å². The van der Waals surface area contributed by atoms with Crippen molar-refractivity contribution in [2.45, 2.75) is 24.5 Å². The van der Waals surface area contributed by atoms with Gasteiger partial charge in [0.15, 0.2) is 6.23 Å². The van der Waals surface area contributed by atoms with E-state index < -0.39 is 30.5 Å². The predicted octanol–water partition coefficient (Wildman–Crippen LogP) is -0.764. The first-order valence-corrected chi connectivity index (χ1v) is 5.74. The lowest BCUT2D eigenvalue weighted by Crippen LogP contribution is -2.55. The van der Waals surface area contributed by atoms with Crippen LogP contribution in [0.15, 0.2) is 24.3 Å². The molecule has 1 unspecified atom stereocenters. The Kier molecular flexibility index (Phi) is 4.01. The molecule has 0 radical (unpaired) electrons. The van der Waals surface area contributed by atoms with Crippen molar-refractivity contribution < 1.29 is 30.0 Å². The van der Waals surface area contributed by atoms with Gasteiger partial charge in [-0.3, -0.25) is 0 Å². The molecule has 5 N–H and O–H groups in total. The summed E-state index contributed by atoms with van der Waals surface area (Å²) in [5.74, 6) is -1.03. The van der Waals surface area contributed by atoms with E-state index in [1.165, 1.54) is 24.3 Å². The third kappa shape index (κ3) is 3.02. The van der Waals surface area contributed by atoms with Crippen molar-refractivity contribution in [3.05, 3.63) is 29.8 Å². The number of carbonyl (C=O) groups is 1. The van der Waals surface area contributed by atoms with Crippen LogP contribution in [0, 0.1) is 0 Å². The van der Waals surface area contributed by atoms with Crippen molar-refractivity contribution >= 4 is 11.7 Å². The lowest BCUT2D eigenvalue weighted by atomic mass is 10.0. The summed E-state index contributed by atoms with van der Waals surface area (Å²) < 4.78 is 5.17. The maximum absolute atomic E-state index is 10.7. The first-order valence-electron chi connectivity index (χ1n) is 5.74. The number of aliphatic hydroxyl groups is 3. The number of ether oxygens (including phenoxy) is 1. The molecule has 0 spiro atoms. The van der Waals surface area contributed by atoms with Crippen LogP contribution in [0.25, 0.3) is 0 Å². The van der Waals surface area contributed by atoms with Crippen molar-refractivity contribution in [1.82, 2.24) is 0 Å². The quantitative estimate of drug-likeness (QED) is 0.489. The molecule has 19 heavy (non-hydrogen) atoms. The number of anilines is 1. The van der Waals surface area contributed by atoms with Crippen LogP contribution in [0.5, 0.6) is 0 Å². The first-order chi connectivity index (χ1) is 8.99. The zero-order valence-corrected chi connectivity index (χ0v) is 9.93. The molecule has 0 saturated carbocycles. The summed E-state index contributed by atoms with van der Waals surface area (Å²) in [5, 5.41) is 40.1. The van der Waals surface area contributed by atoms with Gasteiger partial charge in [0, 0.05) is 5.69 Å². The molecule has 1 aromatic carbocycles. The highest BCUT2D eigenvalue weighted by Gasteiger charge is 2.37. The van der Waals surface area contributed by atoms with Gasteiger partial charge in [0.25, 0.3) is 0 Å². The SMILES string of the molecule is O=C(O)c1ccc(N[C@@H]2OCC(O)[C@H](O)[C@H]2O)cc1. The van der Waals surface area contributed by atoms with E-state index in [9.17, 15) is 20.1 Å². The van der Waals surface area contributed by atoms with E-state index in [1.54, 1.807) is 0 Å². The minimum Gasteiger partial charge on any atom is -0.478 e. The van der Waals surface area contributed by atoms with Gasteiger partial charge in [-0.25, -0.2) is 4.79 Å². The topological polar surface area (TPSA) is 119 Å². The van der Waals surface area contributed by atoms with Crippen molar-refractivity contribution in [2.24, 2.45) is 0 Å². The van der Waals surface area contributed by atoms with E-state index in [2.05, 4.69) is 5.32 Å². The maximum Gasteiger partial charge on any atom is 0.335 e. The third-order valence-electron chi connectivity index (χ3n) is 2.94. The molecule has 104 valence electrons. The van der Waals surface area contributed by atoms with E-state index in [1.807, 2.05) is 0 Å². The normalized spacial score (nSPS) is 30.9. The molecule has 1 aromatic rings. The van der Waals surface area contributed by atoms with E-state index >= 15 is 0 Å². The second-order valence-electron chi connectivity index (χ2n) is 4.33. The van der Waals surface area contributed by atoms with Gasteiger partial charge in [0.05, 0.1) is 12.2 Å². The van der Waals surface area contributed by atoms with Gasteiger partial charge in [-0.15, -0.1) is 0 Å². The van der Waals surface area contributed by atoms with Crippen LogP contribution >= 0.6 is 0 Å². The number of aliphatic hydroxyl groups excluding tert-OH is 3. The maximum atomic E-state index is 10.7. The molecule has 4 atom stereocenters. The average molecular weight is 269 g/mol. The average Bonchev–Trinajstić information content (AvgIpc) is 2.40. The summed E-state index contributed by atoms with van der Waals surface area (Å²) in [6.45, 7) is -0.0941. The molecule has 1 fully saturated rings. The monoisotopic (exact) mass is 269 g/mol. The van der Waals surface area contributed by atoms with Crippen LogP contribution in [0.3, 0.4) is 0 Å². The predicted molar refractivity (Wildman–Crippen MR) is 64.8 cm³/mol. The Labute approximate surface area is 109 Å². The molecule has 1 heterocycles. The molecular formula is C12H15NO6. The number of nitrogens with one attached hydrogen (secondary N) is 1. The summed E-state index contributed by atoms with van der Waals surface area (Å²) in [4.78, 5) is 10.7. The van der Waals surface area contributed by atoms with Crippen molar-refractivity contribution in [3.63, 3.8) is 0 Å². The van der Waals surface area contributed by atoms with E-state index in [0.29, 0.717) is 5.69 Å². The van der Waals surface area contributed by atoms with Crippen LogP contribution in [0.4, 0.5) is 5.69 Å². The standard InChI is InChI=1S/C12H15NO6/c14-8-5-19-11(10(16)9(8)15)13-7-3-1-6(2-4-7)12(17)18/h1-4,8-11,13-16H,5H2,(H,17,18)/t8?,9-,10+,11+/m0/s1. The van der Waals surface area contributed by atoms with Crippen LogP contribution in [-0.4, -0.2) is 57.5 Å². The fraction of sp³-hybridized carbons (Fsp3) is 0.417. The number of hydrogen-bond acceptors (Lipinski definition) is 6. The van der Waals surface area contributed by atoms with Crippen LogP contribution < -0.4 is 5.32 Å². The van der Waals surface area contributed by atoms with Crippen LogP contribution in [0.2, 0.25) is 0 Å². The number of carboxylic acid groups (broad SMARTS) is 1. The van der Waals surface area contributed by atoms with Gasteiger partial charge in [-0.1, -0.05) is 0 Å². The molecule has 1 aliphatic heterocycles. The largest absolute Gasteiger partial charge is 0.478 e. The molecule has 7 nitrogen and oxygen atoms in total. The highest BCUT2D eigenvalue weighted by atomic mass is 16.5. The Morgan fingerprint density at radius 1 is 1.16 bits per heavy atom.